The standard InChI is InChI=1S/C16H14BrClN2O4/c1-9(15(21)20-13-4-3-7-19-14(13)18)24-16(22)11-8-10(23-2)5-6-12(11)17/h3-9H,1-2H3,(H,20,21)/t9-/m1/s1. The Morgan fingerprint density at radius 1 is 1.33 bits per heavy atom. The largest absolute Gasteiger partial charge is 0.497 e. The lowest BCUT2D eigenvalue weighted by molar-refractivity contribution is -0.123. The number of rotatable bonds is 5. The van der Waals surface area contributed by atoms with Crippen LogP contribution in [0.3, 0.4) is 0 Å². The molecule has 0 bridgehead atoms. The molecule has 0 fully saturated rings. The fraction of sp³-hybridized carbons (Fsp3) is 0.188. The fourth-order valence-corrected chi connectivity index (χ4v) is 2.35. The van der Waals surface area contributed by atoms with Gasteiger partial charge in [-0.2, -0.15) is 0 Å². The van der Waals surface area contributed by atoms with Crippen LogP contribution < -0.4 is 10.1 Å². The van der Waals surface area contributed by atoms with E-state index in [-0.39, 0.29) is 10.7 Å². The minimum atomic E-state index is -1.02. The molecule has 2 aromatic rings. The van der Waals surface area contributed by atoms with Crippen LogP contribution in [0.25, 0.3) is 0 Å². The first kappa shape index (κ1) is 18.2. The van der Waals surface area contributed by atoms with E-state index in [0.29, 0.717) is 15.9 Å². The molecule has 1 heterocycles. The van der Waals surface area contributed by atoms with Crippen molar-refractivity contribution >= 4 is 45.1 Å². The number of pyridine rings is 1. The molecule has 24 heavy (non-hydrogen) atoms. The Balaban J connectivity index is 2.06. The summed E-state index contributed by atoms with van der Waals surface area (Å²) in [6, 6.07) is 8.11. The number of benzene rings is 1. The first-order valence-corrected chi connectivity index (χ1v) is 8.05. The van der Waals surface area contributed by atoms with Gasteiger partial charge in [0, 0.05) is 10.7 Å². The van der Waals surface area contributed by atoms with Crippen molar-refractivity contribution in [2.45, 2.75) is 13.0 Å². The average Bonchev–Trinajstić information content (AvgIpc) is 2.57. The van der Waals surface area contributed by atoms with Crippen molar-refractivity contribution in [2.24, 2.45) is 0 Å². The summed E-state index contributed by atoms with van der Waals surface area (Å²) < 4.78 is 10.8. The monoisotopic (exact) mass is 412 g/mol. The zero-order valence-corrected chi connectivity index (χ0v) is 15.2. The SMILES string of the molecule is COc1ccc(Br)c(C(=O)O[C@H](C)C(=O)Nc2cccnc2Cl)c1. The summed E-state index contributed by atoms with van der Waals surface area (Å²) in [7, 11) is 1.49. The van der Waals surface area contributed by atoms with E-state index >= 15 is 0 Å². The van der Waals surface area contributed by atoms with Gasteiger partial charge in [0.05, 0.1) is 18.4 Å². The number of nitrogens with one attached hydrogen (secondary N) is 1. The average molecular weight is 414 g/mol. The van der Waals surface area contributed by atoms with Gasteiger partial charge in [0.1, 0.15) is 5.75 Å². The van der Waals surface area contributed by atoms with E-state index in [1.807, 2.05) is 0 Å². The number of halogens is 2. The number of amides is 1. The first-order chi connectivity index (χ1) is 11.4. The van der Waals surface area contributed by atoms with Crippen LogP contribution in [0.4, 0.5) is 5.69 Å². The molecule has 1 amide bonds. The quantitative estimate of drug-likeness (QED) is 0.597. The Morgan fingerprint density at radius 2 is 2.08 bits per heavy atom. The number of nitrogens with zero attached hydrogens (tertiary/aromatic N) is 1. The van der Waals surface area contributed by atoms with Gasteiger partial charge in [-0.3, -0.25) is 4.79 Å². The summed E-state index contributed by atoms with van der Waals surface area (Å²) in [6.45, 7) is 1.46. The minimum absolute atomic E-state index is 0.153. The van der Waals surface area contributed by atoms with Crippen LogP contribution in [-0.4, -0.2) is 30.1 Å². The van der Waals surface area contributed by atoms with Crippen molar-refractivity contribution < 1.29 is 19.1 Å². The maximum atomic E-state index is 12.2. The van der Waals surface area contributed by atoms with Gasteiger partial charge in [-0.1, -0.05) is 11.6 Å². The highest BCUT2D eigenvalue weighted by Gasteiger charge is 2.21. The van der Waals surface area contributed by atoms with Gasteiger partial charge in [0.2, 0.25) is 0 Å². The fourth-order valence-electron chi connectivity index (χ4n) is 1.78. The molecule has 0 spiro atoms. The molecule has 1 atom stereocenters. The number of hydrogen-bond acceptors (Lipinski definition) is 5. The van der Waals surface area contributed by atoms with Crippen LogP contribution in [0.15, 0.2) is 41.0 Å². The molecule has 0 unspecified atom stereocenters. The van der Waals surface area contributed by atoms with Crippen LogP contribution in [0.5, 0.6) is 5.75 Å². The van der Waals surface area contributed by atoms with Crippen molar-refractivity contribution in [2.75, 3.05) is 12.4 Å². The molecule has 8 heteroatoms. The van der Waals surface area contributed by atoms with Crippen molar-refractivity contribution in [3.8, 4) is 5.75 Å². The number of hydrogen-bond donors (Lipinski definition) is 1. The summed E-state index contributed by atoms with van der Waals surface area (Å²) in [5.41, 5.74) is 0.600. The highest BCUT2D eigenvalue weighted by atomic mass is 79.9. The van der Waals surface area contributed by atoms with E-state index in [0.717, 1.165) is 0 Å². The number of ether oxygens (including phenoxy) is 2. The molecule has 1 aromatic carbocycles. The Hall–Kier alpha value is -2.12. The molecular formula is C16H14BrClN2O4. The molecule has 0 aliphatic rings. The number of anilines is 1. The molecular weight excluding hydrogens is 400 g/mol. The van der Waals surface area contributed by atoms with Crippen LogP contribution in [0.2, 0.25) is 5.15 Å². The first-order valence-electron chi connectivity index (χ1n) is 6.88. The second kappa shape index (κ2) is 8.12. The second-order valence-electron chi connectivity index (χ2n) is 4.72. The van der Waals surface area contributed by atoms with Crippen molar-refractivity contribution in [1.82, 2.24) is 4.98 Å². The van der Waals surface area contributed by atoms with Gasteiger partial charge in [-0.25, -0.2) is 9.78 Å². The maximum Gasteiger partial charge on any atom is 0.340 e. The predicted octanol–water partition coefficient (Wildman–Crippen LogP) is 3.69. The van der Waals surface area contributed by atoms with E-state index in [9.17, 15) is 9.59 Å². The lowest BCUT2D eigenvalue weighted by atomic mass is 10.2. The number of aromatic nitrogens is 1. The molecule has 1 aromatic heterocycles. The maximum absolute atomic E-state index is 12.2. The van der Waals surface area contributed by atoms with E-state index in [4.69, 9.17) is 21.1 Å². The Labute approximate surface area is 152 Å². The van der Waals surface area contributed by atoms with E-state index in [2.05, 4.69) is 26.2 Å². The smallest absolute Gasteiger partial charge is 0.340 e. The summed E-state index contributed by atoms with van der Waals surface area (Å²) in [5.74, 6) is -0.664. The molecule has 0 saturated carbocycles. The molecule has 1 N–H and O–H groups in total. The Bertz CT molecular complexity index is 769. The van der Waals surface area contributed by atoms with Crippen molar-refractivity contribution in [3.63, 3.8) is 0 Å². The lowest BCUT2D eigenvalue weighted by Gasteiger charge is -2.14. The van der Waals surface area contributed by atoms with Crippen molar-refractivity contribution in [3.05, 3.63) is 51.7 Å². The summed E-state index contributed by atoms with van der Waals surface area (Å²) in [4.78, 5) is 28.2. The molecule has 126 valence electrons. The number of carbonyl (C=O) groups is 2. The summed E-state index contributed by atoms with van der Waals surface area (Å²) in [6.07, 6.45) is 0.480. The molecule has 0 radical (unpaired) electrons. The van der Waals surface area contributed by atoms with Gasteiger partial charge in [0.25, 0.3) is 5.91 Å². The molecule has 6 nitrogen and oxygen atoms in total. The molecule has 0 aliphatic carbocycles. The molecule has 0 saturated heterocycles. The van der Waals surface area contributed by atoms with E-state index in [1.54, 1.807) is 24.3 Å². The highest BCUT2D eigenvalue weighted by molar-refractivity contribution is 9.10. The van der Waals surface area contributed by atoms with Gasteiger partial charge < -0.3 is 14.8 Å². The third kappa shape index (κ3) is 4.46. The second-order valence-corrected chi connectivity index (χ2v) is 5.94. The Kier molecular flexibility index (Phi) is 6.16. The third-order valence-electron chi connectivity index (χ3n) is 3.06. The third-order valence-corrected chi connectivity index (χ3v) is 4.06. The minimum Gasteiger partial charge on any atom is -0.497 e. The van der Waals surface area contributed by atoms with Crippen LogP contribution in [0, 0.1) is 0 Å². The van der Waals surface area contributed by atoms with Crippen LogP contribution in [-0.2, 0) is 9.53 Å². The predicted molar refractivity (Wildman–Crippen MR) is 93.4 cm³/mol. The highest BCUT2D eigenvalue weighted by Crippen LogP contribution is 2.24. The van der Waals surface area contributed by atoms with Gasteiger partial charge in [-0.05, 0) is 53.2 Å². The van der Waals surface area contributed by atoms with E-state index < -0.39 is 18.0 Å². The molecule has 0 aliphatic heterocycles. The van der Waals surface area contributed by atoms with Crippen LogP contribution in [0.1, 0.15) is 17.3 Å². The summed E-state index contributed by atoms with van der Waals surface area (Å²) >= 11 is 9.14. The summed E-state index contributed by atoms with van der Waals surface area (Å²) in [5, 5.41) is 2.71. The lowest BCUT2D eigenvalue weighted by Crippen LogP contribution is -2.30. The number of carbonyl (C=O) groups excluding carboxylic acids is 2. The van der Waals surface area contributed by atoms with Gasteiger partial charge in [0.15, 0.2) is 11.3 Å². The topological polar surface area (TPSA) is 77.5 Å². The van der Waals surface area contributed by atoms with Crippen LogP contribution >= 0.6 is 27.5 Å². The van der Waals surface area contributed by atoms with Gasteiger partial charge >= 0.3 is 5.97 Å². The zero-order chi connectivity index (χ0) is 17.7. The molecule has 2 rings (SSSR count). The Morgan fingerprint density at radius 3 is 2.75 bits per heavy atom. The number of esters is 1. The van der Waals surface area contributed by atoms with Crippen molar-refractivity contribution in [1.29, 1.82) is 0 Å². The zero-order valence-electron chi connectivity index (χ0n) is 12.9. The van der Waals surface area contributed by atoms with E-state index in [1.165, 1.54) is 26.3 Å². The van der Waals surface area contributed by atoms with Gasteiger partial charge in [-0.15, -0.1) is 0 Å². The number of methoxy groups -OCH3 is 1. The normalized spacial score (nSPS) is 11.5.